The van der Waals surface area contributed by atoms with Gasteiger partial charge in [0.25, 0.3) is 0 Å². The van der Waals surface area contributed by atoms with E-state index < -0.39 is 10.8 Å². The molecular formula is C62H48N8. The van der Waals surface area contributed by atoms with Crippen LogP contribution in [0.2, 0.25) is 0 Å². The van der Waals surface area contributed by atoms with Crippen molar-refractivity contribution in [3.63, 3.8) is 0 Å². The summed E-state index contributed by atoms with van der Waals surface area (Å²) in [5.41, 5.74) is 23.6. The Hall–Kier alpha value is -8.88. The van der Waals surface area contributed by atoms with E-state index in [1.165, 1.54) is 44.5 Å². The van der Waals surface area contributed by atoms with Crippen LogP contribution in [0.15, 0.2) is 190 Å². The fourth-order valence-corrected chi connectivity index (χ4v) is 11.3. The Balaban J connectivity index is 1.01. The first kappa shape index (κ1) is 41.3. The van der Waals surface area contributed by atoms with Crippen molar-refractivity contribution in [2.24, 2.45) is 20.0 Å². The molecule has 336 valence electrons. The molecule has 3 aliphatic rings. The third-order valence-electron chi connectivity index (χ3n) is 14.9. The van der Waals surface area contributed by atoms with Crippen LogP contribution in [0.3, 0.4) is 0 Å². The second-order valence-corrected chi connectivity index (χ2v) is 18.9. The van der Waals surface area contributed by atoms with Gasteiger partial charge in [0.05, 0.1) is 70.4 Å². The number of nitrogens with one attached hydrogen (secondary N) is 4. The lowest BCUT2D eigenvalue weighted by atomic mass is 9.73. The largest absolute Gasteiger partial charge is 0.356 e. The average molecular weight is 905 g/mol. The van der Waals surface area contributed by atoms with Crippen LogP contribution in [0.25, 0.3) is 22.3 Å². The van der Waals surface area contributed by atoms with Gasteiger partial charge in [0.15, 0.2) is 0 Å². The molecule has 4 N–H and O–H groups in total. The zero-order chi connectivity index (χ0) is 47.1. The van der Waals surface area contributed by atoms with E-state index in [0.717, 1.165) is 90.6 Å². The molecule has 0 saturated carbocycles. The third-order valence-corrected chi connectivity index (χ3v) is 14.9. The highest BCUT2D eigenvalue weighted by molar-refractivity contribution is 5.91. The maximum absolute atomic E-state index is 5.15. The number of aliphatic imine (C=N–C) groups is 4. The van der Waals surface area contributed by atoms with Crippen molar-refractivity contribution in [3.8, 4) is 22.3 Å². The standard InChI is InChI=1S/C62H48N8/c1-37-29-53-54(30-38(37)2)64-34-42-22-26-58(68-42)62(51-19-11-7-15-47(51)48-16-8-12-20-52(48)62)60-28-24-44(70-60)36-66-56-32-40(4)39(3)31-55(56)65-35-43-23-27-59(69-43)61(57-25-21-41(67-57)33-63-53)49-17-9-5-13-45(49)46-14-6-10-18-50(46)61/h5-36,67-70H,1-4H3. The predicted molar refractivity (Wildman–Crippen MR) is 286 cm³/mol. The van der Waals surface area contributed by atoms with Crippen LogP contribution in [-0.2, 0) is 10.8 Å². The molecule has 0 atom stereocenters. The van der Waals surface area contributed by atoms with Crippen molar-refractivity contribution in [1.29, 1.82) is 0 Å². The highest BCUT2D eigenvalue weighted by Crippen LogP contribution is 2.57. The topological polar surface area (TPSA) is 113 Å². The lowest BCUT2D eigenvalue weighted by Crippen LogP contribution is -2.29. The third kappa shape index (κ3) is 6.22. The first-order chi connectivity index (χ1) is 34.3. The summed E-state index contributed by atoms with van der Waals surface area (Å²) in [5, 5.41) is 0. The maximum Gasteiger partial charge on any atom is 0.101 e. The van der Waals surface area contributed by atoms with Crippen LogP contribution < -0.4 is 0 Å². The van der Waals surface area contributed by atoms with Crippen LogP contribution >= 0.6 is 0 Å². The van der Waals surface area contributed by atoms with Crippen molar-refractivity contribution in [1.82, 2.24) is 19.9 Å². The summed E-state index contributed by atoms with van der Waals surface area (Å²) in [6.07, 6.45) is 7.68. The Morgan fingerprint density at radius 2 is 0.514 bits per heavy atom. The predicted octanol–water partition coefficient (Wildman–Crippen LogP) is 14.3. The molecule has 8 bridgehead atoms. The summed E-state index contributed by atoms with van der Waals surface area (Å²) in [6.45, 7) is 8.49. The minimum Gasteiger partial charge on any atom is -0.356 e. The van der Waals surface area contributed by atoms with Gasteiger partial charge in [0.2, 0.25) is 0 Å². The number of hydrogen-bond acceptors (Lipinski definition) is 4. The number of nitrogens with zero attached hydrogens (tertiary/aromatic N) is 4. The summed E-state index contributed by atoms with van der Waals surface area (Å²) < 4.78 is 0. The van der Waals surface area contributed by atoms with Crippen LogP contribution in [0.4, 0.5) is 22.7 Å². The molecule has 13 rings (SSSR count). The highest BCUT2D eigenvalue weighted by atomic mass is 14.9. The minimum absolute atomic E-state index is 0.673. The molecule has 5 heterocycles. The van der Waals surface area contributed by atoms with Crippen molar-refractivity contribution in [2.75, 3.05) is 0 Å². The van der Waals surface area contributed by atoms with Crippen LogP contribution in [-0.4, -0.2) is 44.8 Å². The van der Waals surface area contributed by atoms with E-state index in [2.05, 4.69) is 217 Å². The lowest BCUT2D eigenvalue weighted by molar-refractivity contribution is 0.717. The number of aromatic nitrogens is 4. The fraction of sp³-hybridized carbons (Fsp3) is 0.0968. The van der Waals surface area contributed by atoms with E-state index in [1.807, 2.05) is 24.9 Å². The van der Waals surface area contributed by atoms with Gasteiger partial charge in [-0.1, -0.05) is 97.1 Å². The molecule has 6 aromatic carbocycles. The molecule has 4 aromatic heterocycles. The van der Waals surface area contributed by atoms with Gasteiger partial charge in [-0.15, -0.1) is 0 Å². The van der Waals surface area contributed by atoms with Gasteiger partial charge in [-0.25, -0.2) is 0 Å². The number of aryl methyl sites for hydroxylation is 4. The van der Waals surface area contributed by atoms with Crippen LogP contribution in [0.1, 0.15) is 90.1 Å². The summed E-state index contributed by atoms with van der Waals surface area (Å²) >= 11 is 0. The number of fused-ring (bicyclic) bond motifs is 24. The fourth-order valence-electron chi connectivity index (χ4n) is 11.3. The van der Waals surface area contributed by atoms with Gasteiger partial charge in [0, 0.05) is 22.8 Å². The molecule has 0 fully saturated rings. The van der Waals surface area contributed by atoms with E-state index >= 15 is 0 Å². The van der Waals surface area contributed by atoms with E-state index in [4.69, 9.17) is 20.0 Å². The molecule has 2 spiro atoms. The molecular weight excluding hydrogens is 857 g/mol. The lowest BCUT2D eigenvalue weighted by Gasteiger charge is -2.31. The van der Waals surface area contributed by atoms with E-state index in [0.29, 0.717) is 0 Å². The Labute approximate surface area is 406 Å². The quantitative estimate of drug-likeness (QED) is 0.116. The number of rotatable bonds is 0. The summed E-state index contributed by atoms with van der Waals surface area (Å²) in [5.74, 6) is 0. The van der Waals surface area contributed by atoms with Gasteiger partial charge in [0.1, 0.15) is 10.8 Å². The van der Waals surface area contributed by atoms with Gasteiger partial charge in [-0.3, -0.25) is 20.0 Å². The molecule has 10 aromatic rings. The number of H-pyrrole nitrogens is 4. The minimum atomic E-state index is -0.673. The number of aromatic amines is 4. The summed E-state index contributed by atoms with van der Waals surface area (Å²) in [7, 11) is 0. The van der Waals surface area contributed by atoms with Gasteiger partial charge < -0.3 is 19.9 Å². The van der Waals surface area contributed by atoms with Gasteiger partial charge in [-0.2, -0.15) is 0 Å². The van der Waals surface area contributed by atoms with Crippen LogP contribution in [0.5, 0.6) is 0 Å². The van der Waals surface area contributed by atoms with Crippen molar-refractivity contribution in [2.45, 2.75) is 38.5 Å². The maximum atomic E-state index is 5.15. The number of hydrogen-bond donors (Lipinski definition) is 4. The first-order valence-corrected chi connectivity index (χ1v) is 23.8. The van der Waals surface area contributed by atoms with Crippen molar-refractivity contribution < 1.29 is 0 Å². The Morgan fingerprint density at radius 3 is 0.757 bits per heavy atom. The zero-order valence-electron chi connectivity index (χ0n) is 39.3. The van der Waals surface area contributed by atoms with E-state index in [9.17, 15) is 0 Å². The molecule has 8 nitrogen and oxygen atoms in total. The molecule has 1 aliphatic heterocycles. The van der Waals surface area contributed by atoms with Crippen LogP contribution in [0, 0.1) is 27.7 Å². The molecule has 0 radical (unpaired) electrons. The Bertz CT molecular complexity index is 3360. The Kier molecular flexibility index (Phi) is 9.36. The molecule has 0 amide bonds. The number of benzene rings is 6. The van der Waals surface area contributed by atoms with Gasteiger partial charge >= 0.3 is 0 Å². The second-order valence-electron chi connectivity index (χ2n) is 18.9. The average Bonchev–Trinajstić information content (AvgIpc) is 4.26. The SMILES string of the molecule is Cc1cc2c(cc1C)N=Cc1ccc([nH]1)C1(c3ccc([nH]3)C=Nc3cc(C)c(C)cc3N=Cc3ccc([nH]3)C3(c4ccc([nH]4)C=N2)c2ccccc2-c2ccccc23)c2ccccc2-c2ccccc21. The van der Waals surface area contributed by atoms with Crippen molar-refractivity contribution >= 4 is 47.6 Å². The molecule has 8 heteroatoms. The smallest absolute Gasteiger partial charge is 0.101 e. The van der Waals surface area contributed by atoms with E-state index in [-0.39, 0.29) is 0 Å². The molecule has 70 heavy (non-hydrogen) atoms. The molecule has 0 saturated heterocycles. The normalized spacial score (nSPS) is 14.6. The summed E-state index contributed by atoms with van der Waals surface area (Å²) in [6, 6.07) is 60.7. The summed E-state index contributed by atoms with van der Waals surface area (Å²) in [4.78, 5) is 36.0. The van der Waals surface area contributed by atoms with Gasteiger partial charge in [-0.05, 0) is 167 Å². The Morgan fingerprint density at radius 1 is 0.286 bits per heavy atom. The molecule has 0 unspecified atom stereocenters. The second kappa shape index (κ2) is 15.9. The zero-order valence-corrected chi connectivity index (χ0v) is 39.3. The monoisotopic (exact) mass is 904 g/mol. The molecule has 2 aliphatic carbocycles. The highest BCUT2D eigenvalue weighted by Gasteiger charge is 2.49. The van der Waals surface area contributed by atoms with Crippen molar-refractivity contribution in [3.05, 3.63) is 260 Å². The first-order valence-electron chi connectivity index (χ1n) is 23.8. The van der Waals surface area contributed by atoms with E-state index in [1.54, 1.807) is 0 Å².